The topological polar surface area (TPSA) is 20.2 Å². The van der Waals surface area contributed by atoms with E-state index in [-0.39, 0.29) is 0 Å². The molecule has 2 aromatic rings. The molecule has 1 N–H and O–H groups in total. The molecule has 0 aromatic heterocycles. The lowest BCUT2D eigenvalue weighted by molar-refractivity contribution is 0.175. The Hall–Kier alpha value is -1.05. The van der Waals surface area contributed by atoms with Gasteiger partial charge in [0.25, 0.3) is 0 Å². The largest absolute Gasteiger partial charge is 0.388 e. The van der Waals surface area contributed by atoms with Gasteiger partial charge in [-0.1, -0.05) is 36.4 Å². The van der Waals surface area contributed by atoms with Gasteiger partial charge in [-0.15, -0.1) is 11.6 Å². The summed E-state index contributed by atoms with van der Waals surface area (Å²) in [4.78, 5) is 0. The lowest BCUT2D eigenvalue weighted by atomic mass is 10.0. The number of alkyl halides is 1. The number of hydrogen-bond donors (Lipinski definition) is 1. The van der Waals surface area contributed by atoms with Gasteiger partial charge >= 0.3 is 0 Å². The molecular weight excluding hydrogens is 208 g/mol. The molecule has 0 radical (unpaired) electrons. The molecule has 0 bridgehead atoms. The molecule has 0 heterocycles. The van der Waals surface area contributed by atoms with E-state index in [1.165, 1.54) is 5.39 Å². The van der Waals surface area contributed by atoms with Crippen LogP contribution in [0.15, 0.2) is 42.5 Å². The maximum Gasteiger partial charge on any atom is 0.0801 e. The maximum absolute atomic E-state index is 9.80. The van der Waals surface area contributed by atoms with Gasteiger partial charge in [-0.05, 0) is 28.8 Å². The summed E-state index contributed by atoms with van der Waals surface area (Å²) in [5, 5.41) is 12.1. The highest BCUT2D eigenvalue weighted by atomic mass is 35.5. The van der Waals surface area contributed by atoms with Crippen LogP contribution >= 0.6 is 11.6 Å². The summed E-state index contributed by atoms with van der Waals surface area (Å²) < 4.78 is 0. The van der Waals surface area contributed by atoms with Gasteiger partial charge in [0.1, 0.15) is 0 Å². The first-order valence-electron chi connectivity index (χ1n) is 5.04. The molecule has 78 valence electrons. The Morgan fingerprint density at radius 3 is 2.53 bits per heavy atom. The fourth-order valence-electron chi connectivity index (χ4n) is 1.69. The molecular formula is C13H13ClO. The van der Waals surface area contributed by atoms with Crippen molar-refractivity contribution in [2.45, 2.75) is 12.5 Å². The highest BCUT2D eigenvalue weighted by Crippen LogP contribution is 2.22. The number of halogens is 1. The van der Waals surface area contributed by atoms with Crippen molar-refractivity contribution in [3.05, 3.63) is 48.0 Å². The Kier molecular flexibility index (Phi) is 3.24. The quantitative estimate of drug-likeness (QED) is 0.785. The zero-order valence-corrected chi connectivity index (χ0v) is 9.11. The lowest BCUT2D eigenvalue weighted by Gasteiger charge is -2.09. The van der Waals surface area contributed by atoms with Crippen molar-refractivity contribution in [3.8, 4) is 0 Å². The van der Waals surface area contributed by atoms with Crippen LogP contribution in [0, 0.1) is 0 Å². The van der Waals surface area contributed by atoms with Gasteiger partial charge in [0.15, 0.2) is 0 Å². The van der Waals surface area contributed by atoms with Gasteiger partial charge in [0, 0.05) is 5.88 Å². The van der Waals surface area contributed by atoms with Crippen LogP contribution in [-0.2, 0) is 0 Å². The van der Waals surface area contributed by atoms with Crippen molar-refractivity contribution in [1.82, 2.24) is 0 Å². The third kappa shape index (κ3) is 2.31. The number of benzene rings is 2. The van der Waals surface area contributed by atoms with Crippen molar-refractivity contribution < 1.29 is 5.11 Å². The van der Waals surface area contributed by atoms with E-state index in [4.69, 9.17) is 11.6 Å². The van der Waals surface area contributed by atoms with Crippen LogP contribution in [0.2, 0.25) is 0 Å². The molecule has 0 aliphatic rings. The van der Waals surface area contributed by atoms with E-state index in [9.17, 15) is 5.11 Å². The summed E-state index contributed by atoms with van der Waals surface area (Å²) in [6, 6.07) is 14.1. The molecule has 1 atom stereocenters. The Labute approximate surface area is 94.3 Å². The predicted molar refractivity (Wildman–Crippen MR) is 64.2 cm³/mol. The van der Waals surface area contributed by atoms with Crippen LogP contribution in [0.25, 0.3) is 10.8 Å². The molecule has 0 aliphatic carbocycles. The second-order valence-corrected chi connectivity index (χ2v) is 3.98. The highest BCUT2D eigenvalue weighted by molar-refractivity contribution is 6.17. The van der Waals surface area contributed by atoms with Gasteiger partial charge in [-0.2, -0.15) is 0 Å². The number of hydrogen-bond acceptors (Lipinski definition) is 1. The van der Waals surface area contributed by atoms with Crippen LogP contribution in [-0.4, -0.2) is 11.0 Å². The van der Waals surface area contributed by atoms with Gasteiger partial charge in [0.05, 0.1) is 6.10 Å². The third-order valence-electron chi connectivity index (χ3n) is 2.54. The molecule has 2 heteroatoms. The number of fused-ring (bicyclic) bond motifs is 1. The van der Waals surface area contributed by atoms with Crippen LogP contribution in [0.1, 0.15) is 18.1 Å². The minimum atomic E-state index is -0.452. The van der Waals surface area contributed by atoms with Gasteiger partial charge in [-0.25, -0.2) is 0 Å². The van der Waals surface area contributed by atoms with E-state index in [1.807, 2.05) is 36.4 Å². The van der Waals surface area contributed by atoms with Crippen molar-refractivity contribution in [3.63, 3.8) is 0 Å². The second kappa shape index (κ2) is 4.65. The molecule has 1 unspecified atom stereocenters. The van der Waals surface area contributed by atoms with E-state index in [0.717, 1.165) is 10.9 Å². The summed E-state index contributed by atoms with van der Waals surface area (Å²) in [6.45, 7) is 0. The third-order valence-corrected chi connectivity index (χ3v) is 2.76. The molecule has 15 heavy (non-hydrogen) atoms. The molecule has 0 spiro atoms. The van der Waals surface area contributed by atoms with Gasteiger partial charge < -0.3 is 5.11 Å². The van der Waals surface area contributed by atoms with Crippen LogP contribution in [0.5, 0.6) is 0 Å². The Morgan fingerprint density at radius 2 is 1.80 bits per heavy atom. The molecule has 0 saturated carbocycles. The minimum Gasteiger partial charge on any atom is -0.388 e. The van der Waals surface area contributed by atoms with Gasteiger partial charge in [-0.3, -0.25) is 0 Å². The smallest absolute Gasteiger partial charge is 0.0801 e. The summed E-state index contributed by atoms with van der Waals surface area (Å²) in [5.41, 5.74) is 0.939. The first kappa shape index (κ1) is 10.5. The summed E-state index contributed by atoms with van der Waals surface area (Å²) in [5.74, 6) is 0.480. The summed E-state index contributed by atoms with van der Waals surface area (Å²) >= 11 is 5.60. The van der Waals surface area contributed by atoms with E-state index >= 15 is 0 Å². The molecule has 2 aromatic carbocycles. The van der Waals surface area contributed by atoms with Crippen molar-refractivity contribution in [2.24, 2.45) is 0 Å². The van der Waals surface area contributed by atoms with E-state index in [2.05, 4.69) is 6.07 Å². The highest BCUT2D eigenvalue weighted by Gasteiger charge is 2.06. The van der Waals surface area contributed by atoms with E-state index in [1.54, 1.807) is 0 Å². The van der Waals surface area contributed by atoms with Crippen LogP contribution in [0.3, 0.4) is 0 Å². The maximum atomic E-state index is 9.80. The second-order valence-electron chi connectivity index (χ2n) is 3.60. The van der Waals surface area contributed by atoms with E-state index < -0.39 is 6.10 Å². The Balaban J connectivity index is 2.38. The molecule has 0 amide bonds. The van der Waals surface area contributed by atoms with Crippen molar-refractivity contribution in [2.75, 3.05) is 5.88 Å². The number of aliphatic hydroxyl groups is 1. The first-order valence-corrected chi connectivity index (χ1v) is 5.57. The lowest BCUT2D eigenvalue weighted by Crippen LogP contribution is -1.97. The molecule has 1 nitrogen and oxygen atoms in total. The summed E-state index contributed by atoms with van der Waals surface area (Å²) in [6.07, 6.45) is 0.145. The monoisotopic (exact) mass is 220 g/mol. The molecule has 2 rings (SSSR count). The predicted octanol–water partition coefficient (Wildman–Crippen LogP) is 3.50. The fraction of sp³-hybridized carbons (Fsp3) is 0.231. The van der Waals surface area contributed by atoms with Gasteiger partial charge in [0.2, 0.25) is 0 Å². The minimum absolute atomic E-state index is 0.452. The average molecular weight is 221 g/mol. The number of rotatable bonds is 3. The van der Waals surface area contributed by atoms with E-state index in [0.29, 0.717) is 12.3 Å². The van der Waals surface area contributed by atoms with Crippen molar-refractivity contribution in [1.29, 1.82) is 0 Å². The standard InChI is InChI=1S/C13H13ClO/c14-8-7-13(15)12-6-5-10-3-1-2-4-11(10)9-12/h1-6,9,13,15H,7-8H2. The van der Waals surface area contributed by atoms with Crippen LogP contribution < -0.4 is 0 Å². The first-order chi connectivity index (χ1) is 7.31. The molecule has 0 saturated heterocycles. The zero-order chi connectivity index (χ0) is 10.7. The SMILES string of the molecule is OC(CCCl)c1ccc2ccccc2c1. The molecule has 0 aliphatic heterocycles. The zero-order valence-electron chi connectivity index (χ0n) is 8.36. The average Bonchev–Trinajstić information content (AvgIpc) is 2.29. The number of aliphatic hydroxyl groups excluding tert-OH is 1. The Morgan fingerprint density at radius 1 is 1.07 bits per heavy atom. The van der Waals surface area contributed by atoms with Crippen LogP contribution in [0.4, 0.5) is 0 Å². The Bertz CT molecular complexity index is 453. The fourth-order valence-corrected chi connectivity index (χ4v) is 1.89. The normalized spacial score (nSPS) is 12.9. The van der Waals surface area contributed by atoms with Crippen molar-refractivity contribution >= 4 is 22.4 Å². The summed E-state index contributed by atoms with van der Waals surface area (Å²) in [7, 11) is 0. The molecule has 0 fully saturated rings.